The minimum Gasteiger partial charge on any atom is -0.445 e. The largest absolute Gasteiger partial charge is 0.481 e. The molecule has 0 aromatic heterocycles. The van der Waals surface area contributed by atoms with Gasteiger partial charge in [0.2, 0.25) is 5.91 Å². The summed E-state index contributed by atoms with van der Waals surface area (Å²) in [6.45, 7) is 13.1. The second-order valence-corrected chi connectivity index (χ2v) is 14.9. The molecule has 0 spiro atoms. The number of hydrogen-bond donors (Lipinski definition) is 3. The Kier molecular flexibility index (Phi) is 11.0. The summed E-state index contributed by atoms with van der Waals surface area (Å²) in [5.74, 6) is -0.0135. The van der Waals surface area contributed by atoms with Crippen LogP contribution in [0, 0.1) is 23.2 Å². The van der Waals surface area contributed by atoms with Crippen molar-refractivity contribution in [3.05, 3.63) is 71.3 Å². The monoisotopic (exact) mass is 645 g/mol. The van der Waals surface area contributed by atoms with E-state index < -0.39 is 42.6 Å². The first-order valence-electron chi connectivity index (χ1n) is 17.4. The zero-order valence-corrected chi connectivity index (χ0v) is 28.8. The minimum absolute atomic E-state index is 0.0207. The van der Waals surface area contributed by atoms with Gasteiger partial charge in [-0.1, -0.05) is 83.5 Å². The molecule has 47 heavy (non-hydrogen) atoms. The van der Waals surface area contributed by atoms with Gasteiger partial charge < -0.3 is 30.0 Å². The summed E-state index contributed by atoms with van der Waals surface area (Å²) >= 11 is 0. The molecule has 1 aliphatic heterocycles. The van der Waals surface area contributed by atoms with Crippen molar-refractivity contribution < 1.29 is 28.4 Å². The van der Waals surface area contributed by atoms with E-state index in [0.29, 0.717) is 23.8 Å². The van der Waals surface area contributed by atoms with Gasteiger partial charge in [-0.2, -0.15) is 0 Å². The van der Waals surface area contributed by atoms with Crippen LogP contribution in [0.2, 0.25) is 0 Å². The van der Waals surface area contributed by atoms with Gasteiger partial charge in [0.05, 0.1) is 24.2 Å². The number of rotatable bonds is 14. The zero-order valence-electron chi connectivity index (χ0n) is 28.8. The summed E-state index contributed by atoms with van der Waals surface area (Å²) in [4.78, 5) is 40.0. The summed E-state index contributed by atoms with van der Waals surface area (Å²) in [7, 11) is -0.609. The molecule has 3 aliphatic carbocycles. The molecule has 10 heteroatoms. The normalized spacial score (nSPS) is 25.3. The number of alkyl carbamates (subject to hydrolysis) is 1. The van der Waals surface area contributed by atoms with E-state index in [1.807, 2.05) is 42.5 Å². The maximum Gasteiger partial charge on any atom is 0.481 e. The van der Waals surface area contributed by atoms with Crippen molar-refractivity contribution in [3.63, 3.8) is 0 Å². The average molecular weight is 646 g/mol. The van der Waals surface area contributed by atoms with Gasteiger partial charge in [-0.05, 0) is 85.5 Å². The first kappa shape index (κ1) is 35.0. The van der Waals surface area contributed by atoms with Crippen molar-refractivity contribution in [2.45, 2.75) is 110 Å². The van der Waals surface area contributed by atoms with Crippen LogP contribution < -0.4 is 16.0 Å². The second kappa shape index (κ2) is 14.8. The number of aryl methyl sites for hydroxylation is 1. The quantitative estimate of drug-likeness (QED) is 0.222. The molecule has 2 aromatic carbocycles. The lowest BCUT2D eigenvalue weighted by Crippen LogP contribution is -2.65. The molecule has 6 rings (SSSR count). The Morgan fingerprint density at radius 3 is 2.36 bits per heavy atom. The molecule has 2 bridgehead atoms. The minimum atomic E-state index is -1.06. The molecular weight excluding hydrogens is 593 g/mol. The van der Waals surface area contributed by atoms with Crippen LogP contribution in [0.4, 0.5) is 4.79 Å². The molecule has 9 nitrogen and oxygen atoms in total. The maximum atomic E-state index is 14.0. The fourth-order valence-electron chi connectivity index (χ4n) is 7.71. The summed E-state index contributed by atoms with van der Waals surface area (Å²) < 4.78 is 18.7. The highest BCUT2D eigenvalue weighted by Crippen LogP contribution is 2.65. The Labute approximate surface area is 280 Å². The van der Waals surface area contributed by atoms with Gasteiger partial charge in [-0.3, -0.25) is 9.59 Å². The van der Waals surface area contributed by atoms with Crippen molar-refractivity contribution in [1.29, 1.82) is 0 Å². The van der Waals surface area contributed by atoms with Crippen LogP contribution in [-0.4, -0.2) is 55.3 Å². The molecule has 2 aromatic rings. The van der Waals surface area contributed by atoms with Gasteiger partial charge in [0.15, 0.2) is 0 Å². The molecule has 0 radical (unpaired) electrons. The van der Waals surface area contributed by atoms with Crippen LogP contribution in [0.25, 0.3) is 0 Å². The third-order valence-corrected chi connectivity index (χ3v) is 10.7. The summed E-state index contributed by atoms with van der Waals surface area (Å²) in [5.41, 5.74) is 2.23. The number of benzene rings is 2. The van der Waals surface area contributed by atoms with Crippen molar-refractivity contribution >= 4 is 25.0 Å². The second-order valence-electron chi connectivity index (χ2n) is 14.9. The van der Waals surface area contributed by atoms with E-state index in [-0.39, 0.29) is 30.6 Å². The van der Waals surface area contributed by atoms with E-state index in [9.17, 15) is 14.4 Å². The van der Waals surface area contributed by atoms with E-state index in [4.69, 9.17) is 14.0 Å². The fraction of sp³-hybridized carbons (Fsp3) is 0.595. The predicted molar refractivity (Wildman–Crippen MR) is 182 cm³/mol. The van der Waals surface area contributed by atoms with E-state index in [1.54, 1.807) is 12.1 Å². The van der Waals surface area contributed by atoms with Gasteiger partial charge in [-0.15, -0.1) is 0 Å². The van der Waals surface area contributed by atoms with Gasteiger partial charge in [0.1, 0.15) is 12.6 Å². The molecule has 4 fully saturated rings. The average Bonchev–Trinajstić information content (AvgIpc) is 3.42. The van der Waals surface area contributed by atoms with Crippen molar-refractivity contribution in [2.24, 2.45) is 23.2 Å². The van der Waals surface area contributed by atoms with Crippen LogP contribution in [0.1, 0.15) is 95.1 Å². The van der Waals surface area contributed by atoms with Crippen LogP contribution in [-0.2, 0) is 31.9 Å². The van der Waals surface area contributed by atoms with Crippen LogP contribution in [0.3, 0.4) is 0 Å². The molecule has 254 valence electrons. The molecule has 3 saturated carbocycles. The first-order valence-corrected chi connectivity index (χ1v) is 17.4. The predicted octanol–water partition coefficient (Wildman–Crippen LogP) is 5.85. The SMILES string of the molecule is CCCCc1ccc(C(=O)N[C@@H](CNC(=O)OCc2ccccc2)C(=O)N[C@@H](CC(C)C)B2O[C@@H]3C[C@H]4C[C@H](C4(C)C)[C@]3(C)O2)cc1. The van der Waals surface area contributed by atoms with Crippen LogP contribution in [0.15, 0.2) is 54.6 Å². The molecular formula is C37H52BN3O6. The van der Waals surface area contributed by atoms with E-state index in [2.05, 4.69) is 57.5 Å². The third-order valence-electron chi connectivity index (χ3n) is 10.7. The summed E-state index contributed by atoms with van der Waals surface area (Å²) in [6.07, 6.45) is 5.12. The molecule has 1 saturated heterocycles. The number of amides is 3. The maximum absolute atomic E-state index is 14.0. The van der Waals surface area contributed by atoms with Gasteiger partial charge in [-0.25, -0.2) is 4.79 Å². The van der Waals surface area contributed by atoms with Crippen molar-refractivity contribution in [1.82, 2.24) is 16.0 Å². The lowest BCUT2D eigenvalue weighted by molar-refractivity contribution is -0.199. The Hall–Kier alpha value is -3.37. The summed E-state index contributed by atoms with van der Waals surface area (Å²) in [6, 6.07) is 15.7. The van der Waals surface area contributed by atoms with E-state index >= 15 is 0 Å². The van der Waals surface area contributed by atoms with E-state index in [0.717, 1.165) is 43.2 Å². The Balaban J connectivity index is 1.28. The number of unbranched alkanes of at least 4 members (excludes halogenated alkanes) is 1. The number of carbonyl (C=O) groups is 3. The molecule has 0 unspecified atom stereocenters. The number of carbonyl (C=O) groups excluding carboxylic acids is 3. The lowest BCUT2D eigenvalue weighted by Gasteiger charge is -2.64. The highest BCUT2D eigenvalue weighted by molar-refractivity contribution is 6.48. The van der Waals surface area contributed by atoms with E-state index in [1.165, 1.54) is 0 Å². The molecule has 6 atom stereocenters. The van der Waals surface area contributed by atoms with Crippen molar-refractivity contribution in [3.8, 4) is 0 Å². The molecule has 4 aliphatic rings. The number of ether oxygens (including phenoxy) is 1. The first-order chi connectivity index (χ1) is 22.4. The Morgan fingerprint density at radius 1 is 0.979 bits per heavy atom. The smallest absolute Gasteiger partial charge is 0.445 e. The van der Waals surface area contributed by atoms with Crippen LogP contribution >= 0.6 is 0 Å². The topological polar surface area (TPSA) is 115 Å². The highest BCUT2D eigenvalue weighted by atomic mass is 16.7. The number of nitrogens with one attached hydrogen (secondary N) is 3. The Morgan fingerprint density at radius 2 is 1.70 bits per heavy atom. The molecule has 3 N–H and O–H groups in total. The van der Waals surface area contributed by atoms with Gasteiger partial charge in [0, 0.05) is 5.56 Å². The van der Waals surface area contributed by atoms with Gasteiger partial charge in [0.25, 0.3) is 5.91 Å². The highest BCUT2D eigenvalue weighted by Gasteiger charge is 2.68. The van der Waals surface area contributed by atoms with Crippen LogP contribution in [0.5, 0.6) is 0 Å². The summed E-state index contributed by atoms with van der Waals surface area (Å²) in [5, 5.41) is 8.67. The zero-order chi connectivity index (χ0) is 33.8. The Bertz CT molecular complexity index is 1390. The van der Waals surface area contributed by atoms with Gasteiger partial charge >= 0.3 is 13.2 Å². The third kappa shape index (κ3) is 8.03. The lowest BCUT2D eigenvalue weighted by atomic mass is 9.43. The molecule has 1 heterocycles. The molecule has 3 amide bonds. The van der Waals surface area contributed by atoms with Crippen molar-refractivity contribution in [2.75, 3.05) is 6.54 Å². The fourth-order valence-corrected chi connectivity index (χ4v) is 7.71. The standard InChI is InChI=1S/C37H52BN3O6/c1-7-8-12-25-15-17-27(18-16-25)33(42)40-29(22-39-35(44)45-23-26-13-10-9-11-14-26)34(43)41-32(19-24(2)3)38-46-31-21-28-20-30(36(28,4)5)37(31,6)47-38/h9-11,13-18,24,28-32H,7-8,12,19-23H2,1-6H3,(H,39,44)(H,40,42)(H,41,43)/t28-,29+,30-,31-,32+,37+/m1/s1. The number of hydrogen-bond acceptors (Lipinski definition) is 6.